The third kappa shape index (κ3) is 5.22. The molecule has 0 fully saturated rings. The largest absolute Gasteiger partial charge is 0.307 e. The highest BCUT2D eigenvalue weighted by Crippen LogP contribution is 2.40. The number of para-hydroxylation sites is 3. The molecule has 0 saturated heterocycles. The highest BCUT2D eigenvalue weighted by molar-refractivity contribution is 6.25. The first-order valence-corrected chi connectivity index (χ1v) is 18.1. The third-order valence-electron chi connectivity index (χ3n) is 10.3. The van der Waals surface area contributed by atoms with E-state index in [2.05, 4.69) is 149 Å². The van der Waals surface area contributed by atoms with Crippen LogP contribution in [0.25, 0.3) is 71.2 Å². The van der Waals surface area contributed by atoms with Crippen LogP contribution >= 0.6 is 0 Å². The Kier molecular flexibility index (Phi) is 7.55. The number of aliphatic imine (C=N–C) groups is 2. The quantitative estimate of drug-likeness (QED) is 0.138. The predicted octanol–water partition coefficient (Wildman–Crippen LogP) is 12.1. The number of amidine groups is 2. The van der Waals surface area contributed by atoms with Crippen LogP contribution < -0.4 is 0 Å². The lowest BCUT2D eigenvalue weighted by molar-refractivity contribution is 1.18. The second kappa shape index (κ2) is 13.0. The summed E-state index contributed by atoms with van der Waals surface area (Å²) in [6, 6.07) is 64.8. The molecular formula is C49H33N5. The van der Waals surface area contributed by atoms with Gasteiger partial charge in [0, 0.05) is 38.4 Å². The molecule has 0 aliphatic rings. The standard InChI is InChI=1S/C49H33N5/c50-48(36-20-13-19-35(31-36)39-26-14-18-33-15-7-8-23-38(33)39)52-49(34-16-3-1-4-17-34)51-32-53-44-27-11-9-24-40(44)42-29-30-43-41-25-10-12-28-45(41)54(47(43)46(42)53)37-21-5-2-6-22-37/h1-32,50H. The lowest BCUT2D eigenvalue weighted by Gasteiger charge is -2.10. The summed E-state index contributed by atoms with van der Waals surface area (Å²) in [4.78, 5) is 10.0. The van der Waals surface area contributed by atoms with Gasteiger partial charge in [0.15, 0.2) is 11.7 Å². The number of rotatable bonds is 5. The monoisotopic (exact) mass is 691 g/mol. The third-order valence-corrected chi connectivity index (χ3v) is 10.3. The van der Waals surface area contributed by atoms with Gasteiger partial charge in [-0.15, -0.1) is 0 Å². The molecule has 8 aromatic carbocycles. The zero-order chi connectivity index (χ0) is 36.0. The lowest BCUT2D eigenvalue weighted by Crippen LogP contribution is -2.07. The molecule has 0 atom stereocenters. The van der Waals surface area contributed by atoms with Crippen molar-refractivity contribution in [3.05, 3.63) is 199 Å². The Morgan fingerprint density at radius 2 is 1.07 bits per heavy atom. The van der Waals surface area contributed by atoms with Crippen molar-refractivity contribution in [3.63, 3.8) is 0 Å². The number of nitrogens with zero attached hydrogens (tertiary/aromatic N) is 4. The first-order valence-electron chi connectivity index (χ1n) is 18.1. The van der Waals surface area contributed by atoms with E-state index in [9.17, 15) is 5.41 Å². The molecule has 0 aliphatic carbocycles. The molecule has 10 aromatic rings. The average Bonchev–Trinajstić information content (AvgIpc) is 3.75. The summed E-state index contributed by atoms with van der Waals surface area (Å²) < 4.78 is 4.55. The topological polar surface area (TPSA) is 58.4 Å². The smallest absolute Gasteiger partial charge is 0.163 e. The maximum atomic E-state index is 9.27. The Labute approximate surface area is 311 Å². The van der Waals surface area contributed by atoms with Crippen LogP contribution in [0, 0.1) is 5.41 Å². The Morgan fingerprint density at radius 3 is 1.87 bits per heavy atom. The fourth-order valence-electron chi connectivity index (χ4n) is 7.85. The summed E-state index contributed by atoms with van der Waals surface area (Å²) in [7, 11) is 0. The Hall–Kier alpha value is -7.37. The molecule has 5 heteroatoms. The average molecular weight is 692 g/mol. The van der Waals surface area contributed by atoms with E-state index in [-0.39, 0.29) is 5.84 Å². The van der Waals surface area contributed by atoms with E-state index in [1.165, 1.54) is 21.5 Å². The molecule has 0 saturated carbocycles. The lowest BCUT2D eigenvalue weighted by atomic mass is 9.97. The second-order valence-electron chi connectivity index (χ2n) is 13.4. The van der Waals surface area contributed by atoms with Crippen molar-refractivity contribution in [3.8, 4) is 16.8 Å². The molecule has 1 N–H and O–H groups in total. The fourth-order valence-corrected chi connectivity index (χ4v) is 7.85. The summed E-state index contributed by atoms with van der Waals surface area (Å²) in [6.07, 6.45) is 1.88. The summed E-state index contributed by atoms with van der Waals surface area (Å²) in [6.45, 7) is 0. The predicted molar refractivity (Wildman–Crippen MR) is 227 cm³/mol. The number of nitrogens with one attached hydrogen (secondary N) is 1. The van der Waals surface area contributed by atoms with E-state index in [0.717, 1.165) is 60.8 Å². The van der Waals surface area contributed by atoms with Crippen LogP contribution in [0.1, 0.15) is 11.1 Å². The molecule has 0 aliphatic heterocycles. The Balaban J connectivity index is 1.16. The second-order valence-corrected chi connectivity index (χ2v) is 13.4. The van der Waals surface area contributed by atoms with Gasteiger partial charge in [-0.3, -0.25) is 9.98 Å². The van der Waals surface area contributed by atoms with Crippen molar-refractivity contribution < 1.29 is 0 Å². The van der Waals surface area contributed by atoms with Crippen LogP contribution in [0.15, 0.2) is 198 Å². The van der Waals surface area contributed by atoms with Crippen molar-refractivity contribution in [2.45, 2.75) is 0 Å². The van der Waals surface area contributed by atoms with Crippen molar-refractivity contribution >= 4 is 72.4 Å². The van der Waals surface area contributed by atoms with Crippen LogP contribution in [-0.4, -0.2) is 27.1 Å². The Morgan fingerprint density at radius 1 is 0.481 bits per heavy atom. The summed E-state index contributed by atoms with van der Waals surface area (Å²) in [5.74, 6) is 0.597. The number of benzene rings is 8. The van der Waals surface area contributed by atoms with E-state index in [1.54, 1.807) is 0 Å². The Bertz CT molecular complexity index is 3110. The van der Waals surface area contributed by atoms with Gasteiger partial charge >= 0.3 is 0 Å². The maximum absolute atomic E-state index is 9.27. The van der Waals surface area contributed by atoms with Gasteiger partial charge < -0.3 is 4.57 Å². The number of hydrogen-bond acceptors (Lipinski definition) is 1. The minimum absolute atomic E-state index is 0.141. The van der Waals surface area contributed by atoms with Gasteiger partial charge in [0.05, 0.1) is 22.1 Å². The summed E-state index contributed by atoms with van der Waals surface area (Å²) >= 11 is 0. The van der Waals surface area contributed by atoms with Gasteiger partial charge in [0.2, 0.25) is 0 Å². The van der Waals surface area contributed by atoms with Gasteiger partial charge in [0.1, 0.15) is 6.34 Å². The van der Waals surface area contributed by atoms with Crippen molar-refractivity contribution in [1.29, 1.82) is 5.41 Å². The van der Waals surface area contributed by atoms with Crippen LogP contribution in [0.3, 0.4) is 0 Å². The van der Waals surface area contributed by atoms with Crippen LogP contribution in [0.5, 0.6) is 0 Å². The van der Waals surface area contributed by atoms with Crippen LogP contribution in [0.4, 0.5) is 0 Å². The molecule has 0 radical (unpaired) electrons. The van der Waals surface area contributed by atoms with Crippen molar-refractivity contribution in [2.24, 2.45) is 9.98 Å². The first-order chi connectivity index (χ1) is 26.7. The van der Waals surface area contributed by atoms with Crippen molar-refractivity contribution in [1.82, 2.24) is 9.13 Å². The molecule has 0 unspecified atom stereocenters. The molecule has 2 aromatic heterocycles. The molecular weight excluding hydrogens is 659 g/mol. The molecule has 2 heterocycles. The van der Waals surface area contributed by atoms with Gasteiger partial charge in [-0.25, -0.2) is 9.98 Å². The highest BCUT2D eigenvalue weighted by Gasteiger charge is 2.20. The number of fused-ring (bicyclic) bond motifs is 8. The maximum Gasteiger partial charge on any atom is 0.163 e. The van der Waals surface area contributed by atoms with Gasteiger partial charge in [-0.05, 0) is 52.2 Å². The first kappa shape index (κ1) is 31.4. The van der Waals surface area contributed by atoms with Crippen LogP contribution in [0.2, 0.25) is 0 Å². The fraction of sp³-hybridized carbons (Fsp3) is 0. The summed E-state index contributed by atoms with van der Waals surface area (Å²) in [5, 5.41) is 16.3. The molecule has 254 valence electrons. The molecule has 5 nitrogen and oxygen atoms in total. The van der Waals surface area contributed by atoms with Gasteiger partial charge in [-0.1, -0.05) is 158 Å². The SMILES string of the molecule is N=C(N=C(N=Cn1c2ccccc2c2ccc3c4ccccc4n(-c4ccccc4)c3c21)c1ccccc1)c1cccc(-c2cccc3ccccc23)c1. The normalized spacial score (nSPS) is 12.2. The minimum atomic E-state index is 0.141. The zero-order valence-electron chi connectivity index (χ0n) is 29.3. The van der Waals surface area contributed by atoms with Gasteiger partial charge in [-0.2, -0.15) is 0 Å². The molecule has 0 spiro atoms. The molecule has 0 bridgehead atoms. The minimum Gasteiger partial charge on any atom is -0.307 e. The summed E-state index contributed by atoms with van der Waals surface area (Å²) in [5.41, 5.74) is 9.15. The van der Waals surface area contributed by atoms with E-state index in [0.29, 0.717) is 5.84 Å². The van der Waals surface area contributed by atoms with E-state index < -0.39 is 0 Å². The van der Waals surface area contributed by atoms with E-state index in [4.69, 9.17) is 9.98 Å². The van der Waals surface area contributed by atoms with Gasteiger partial charge in [0.25, 0.3) is 0 Å². The number of aromatic nitrogens is 2. The van der Waals surface area contributed by atoms with E-state index >= 15 is 0 Å². The number of hydrogen-bond donors (Lipinski definition) is 1. The van der Waals surface area contributed by atoms with E-state index in [1.807, 2.05) is 54.9 Å². The zero-order valence-corrected chi connectivity index (χ0v) is 29.3. The van der Waals surface area contributed by atoms with Crippen molar-refractivity contribution in [2.75, 3.05) is 0 Å². The molecule has 54 heavy (non-hydrogen) atoms. The highest BCUT2D eigenvalue weighted by atomic mass is 15.1. The van der Waals surface area contributed by atoms with Crippen LogP contribution in [-0.2, 0) is 0 Å². The molecule has 10 rings (SSSR count). The molecule has 0 amide bonds.